The molecule has 0 aliphatic carbocycles. The number of fused-ring (bicyclic) bond motifs is 1. The summed E-state index contributed by atoms with van der Waals surface area (Å²) in [7, 11) is 0. The van der Waals surface area contributed by atoms with Gasteiger partial charge in [0.1, 0.15) is 0 Å². The normalized spacial score (nSPS) is 14.4. The van der Waals surface area contributed by atoms with E-state index < -0.39 is 0 Å². The first-order valence-electron chi connectivity index (χ1n) is 3.10. The highest BCUT2D eigenvalue weighted by atomic mass is 16.5. The lowest BCUT2D eigenvalue weighted by Crippen LogP contribution is -1.95. The molecule has 4 nitrogen and oxygen atoms in total. The van der Waals surface area contributed by atoms with Crippen LogP contribution in [0.2, 0.25) is 0 Å². The van der Waals surface area contributed by atoms with Gasteiger partial charge in [-0.1, -0.05) is 0 Å². The number of anilines is 1. The Morgan fingerprint density at radius 3 is 3.40 bits per heavy atom. The number of hydrogen-bond donors (Lipinski definition) is 1. The maximum absolute atomic E-state index is 5.35. The highest BCUT2D eigenvalue weighted by molar-refractivity contribution is 5.32. The van der Waals surface area contributed by atoms with Crippen LogP contribution in [-0.2, 0) is 6.42 Å². The van der Waals surface area contributed by atoms with Crippen molar-refractivity contribution in [1.29, 1.82) is 0 Å². The minimum Gasteiger partial charge on any atom is -0.490 e. The van der Waals surface area contributed by atoms with Gasteiger partial charge in [0.25, 0.3) is 0 Å². The quantitative estimate of drug-likeness (QED) is 0.546. The Labute approximate surface area is 58.0 Å². The van der Waals surface area contributed by atoms with Crippen LogP contribution >= 0.6 is 0 Å². The Morgan fingerprint density at radius 2 is 2.50 bits per heavy atom. The summed E-state index contributed by atoms with van der Waals surface area (Å²) in [5, 5.41) is 0. The average Bonchev–Trinajstić information content (AvgIpc) is 2.33. The van der Waals surface area contributed by atoms with Crippen molar-refractivity contribution in [3.8, 4) is 5.75 Å². The molecule has 0 bridgehead atoms. The number of ether oxygens (including phenoxy) is 1. The monoisotopic (exact) mass is 137 g/mol. The molecule has 1 aliphatic rings. The molecule has 0 fully saturated rings. The van der Waals surface area contributed by atoms with E-state index in [4.69, 9.17) is 10.5 Å². The zero-order chi connectivity index (χ0) is 6.97. The Bertz CT molecular complexity index is 261. The van der Waals surface area contributed by atoms with Gasteiger partial charge in [0.05, 0.1) is 18.5 Å². The van der Waals surface area contributed by atoms with E-state index in [1.165, 1.54) is 0 Å². The van der Waals surface area contributed by atoms with Gasteiger partial charge in [0.15, 0.2) is 5.75 Å². The van der Waals surface area contributed by atoms with Crippen LogP contribution in [0.15, 0.2) is 6.20 Å². The third-order valence-corrected chi connectivity index (χ3v) is 1.44. The summed E-state index contributed by atoms with van der Waals surface area (Å²) in [4.78, 5) is 7.79. The van der Waals surface area contributed by atoms with Crippen molar-refractivity contribution in [1.82, 2.24) is 9.97 Å². The largest absolute Gasteiger partial charge is 0.490 e. The van der Waals surface area contributed by atoms with Gasteiger partial charge >= 0.3 is 0 Å². The lowest BCUT2D eigenvalue weighted by atomic mass is 10.3. The van der Waals surface area contributed by atoms with Crippen molar-refractivity contribution >= 4 is 5.95 Å². The summed E-state index contributed by atoms with van der Waals surface area (Å²) in [6.07, 6.45) is 2.46. The van der Waals surface area contributed by atoms with E-state index in [1.807, 2.05) is 0 Å². The second-order valence-electron chi connectivity index (χ2n) is 2.14. The minimum absolute atomic E-state index is 0.323. The van der Waals surface area contributed by atoms with Gasteiger partial charge in [-0.3, -0.25) is 0 Å². The first-order valence-corrected chi connectivity index (χ1v) is 3.10. The molecule has 0 saturated carbocycles. The fraction of sp³-hybridized carbons (Fsp3) is 0.333. The van der Waals surface area contributed by atoms with Crippen molar-refractivity contribution in [3.63, 3.8) is 0 Å². The first kappa shape index (κ1) is 5.46. The summed E-state index contributed by atoms with van der Waals surface area (Å²) in [6, 6.07) is 0. The van der Waals surface area contributed by atoms with Gasteiger partial charge in [-0.25, -0.2) is 9.97 Å². The third kappa shape index (κ3) is 0.689. The highest BCUT2D eigenvalue weighted by Crippen LogP contribution is 2.21. The van der Waals surface area contributed by atoms with Crippen LogP contribution in [0.3, 0.4) is 0 Å². The van der Waals surface area contributed by atoms with E-state index in [0.29, 0.717) is 12.6 Å². The number of nitrogens with zero attached hydrogens (tertiary/aromatic N) is 2. The molecule has 0 radical (unpaired) electrons. The van der Waals surface area contributed by atoms with Crippen molar-refractivity contribution in [2.75, 3.05) is 12.3 Å². The molecular formula is C6H7N3O. The van der Waals surface area contributed by atoms with Crippen LogP contribution in [0.4, 0.5) is 5.95 Å². The standard InChI is InChI=1S/C6H7N3O/c7-6-8-3-5-4(9-6)1-2-10-5/h3H,1-2H2,(H2,7,8,9). The second-order valence-corrected chi connectivity index (χ2v) is 2.14. The fourth-order valence-electron chi connectivity index (χ4n) is 0.979. The summed E-state index contributed by atoms with van der Waals surface area (Å²) >= 11 is 0. The molecule has 0 spiro atoms. The molecule has 0 saturated heterocycles. The van der Waals surface area contributed by atoms with Gasteiger partial charge in [-0.05, 0) is 0 Å². The molecule has 4 heteroatoms. The molecule has 1 aromatic heterocycles. The smallest absolute Gasteiger partial charge is 0.220 e. The minimum atomic E-state index is 0.323. The molecule has 0 aromatic carbocycles. The molecule has 2 rings (SSSR count). The summed E-state index contributed by atoms with van der Waals surface area (Å²) in [6.45, 7) is 0.702. The number of aromatic nitrogens is 2. The van der Waals surface area contributed by atoms with Crippen LogP contribution in [0, 0.1) is 0 Å². The van der Waals surface area contributed by atoms with Crippen LogP contribution in [0.5, 0.6) is 5.75 Å². The number of nitrogens with two attached hydrogens (primary N) is 1. The fourth-order valence-corrected chi connectivity index (χ4v) is 0.979. The van der Waals surface area contributed by atoms with Crippen LogP contribution < -0.4 is 10.5 Å². The Morgan fingerprint density at radius 1 is 1.60 bits per heavy atom. The third-order valence-electron chi connectivity index (χ3n) is 1.44. The number of rotatable bonds is 0. The van der Waals surface area contributed by atoms with Gasteiger partial charge in [0.2, 0.25) is 5.95 Å². The van der Waals surface area contributed by atoms with E-state index >= 15 is 0 Å². The van der Waals surface area contributed by atoms with Gasteiger partial charge < -0.3 is 10.5 Å². The predicted molar refractivity (Wildman–Crippen MR) is 35.6 cm³/mol. The molecule has 1 aromatic rings. The summed E-state index contributed by atoms with van der Waals surface area (Å²) in [5.41, 5.74) is 6.28. The molecule has 0 amide bonds. The van der Waals surface area contributed by atoms with E-state index in [2.05, 4.69) is 9.97 Å². The van der Waals surface area contributed by atoms with E-state index in [9.17, 15) is 0 Å². The molecule has 10 heavy (non-hydrogen) atoms. The summed E-state index contributed by atoms with van der Waals surface area (Å²) < 4.78 is 5.17. The molecule has 2 heterocycles. The molecular weight excluding hydrogens is 130 g/mol. The zero-order valence-corrected chi connectivity index (χ0v) is 5.37. The molecule has 0 atom stereocenters. The topological polar surface area (TPSA) is 61.0 Å². The highest BCUT2D eigenvalue weighted by Gasteiger charge is 2.13. The zero-order valence-electron chi connectivity index (χ0n) is 5.37. The first-order chi connectivity index (χ1) is 4.86. The molecule has 2 N–H and O–H groups in total. The van der Waals surface area contributed by atoms with Gasteiger partial charge in [-0.15, -0.1) is 0 Å². The summed E-state index contributed by atoms with van der Waals surface area (Å²) in [5.74, 6) is 1.10. The maximum atomic E-state index is 5.35. The molecule has 1 aliphatic heterocycles. The maximum Gasteiger partial charge on any atom is 0.220 e. The number of hydrogen-bond acceptors (Lipinski definition) is 4. The van der Waals surface area contributed by atoms with E-state index in [0.717, 1.165) is 17.9 Å². The lowest BCUT2D eigenvalue weighted by Gasteiger charge is -1.95. The number of nitrogen functional groups attached to an aromatic ring is 1. The lowest BCUT2D eigenvalue weighted by molar-refractivity contribution is 0.355. The Hall–Kier alpha value is -1.32. The van der Waals surface area contributed by atoms with Gasteiger partial charge in [0, 0.05) is 6.42 Å². The van der Waals surface area contributed by atoms with E-state index in [1.54, 1.807) is 6.20 Å². The average molecular weight is 137 g/mol. The van der Waals surface area contributed by atoms with Crippen LogP contribution in [-0.4, -0.2) is 16.6 Å². The van der Waals surface area contributed by atoms with Crippen molar-refractivity contribution in [2.45, 2.75) is 6.42 Å². The SMILES string of the molecule is Nc1ncc2c(n1)CCO2. The van der Waals surface area contributed by atoms with E-state index in [-0.39, 0.29) is 0 Å². The Kier molecular flexibility index (Phi) is 1.00. The molecule has 52 valence electrons. The Balaban J connectivity index is 2.52. The predicted octanol–water partition coefficient (Wildman–Crippen LogP) is -0.00630. The molecule has 0 unspecified atom stereocenters. The second kappa shape index (κ2) is 1.83. The van der Waals surface area contributed by atoms with Gasteiger partial charge in [-0.2, -0.15) is 0 Å². The van der Waals surface area contributed by atoms with Crippen molar-refractivity contribution in [2.24, 2.45) is 0 Å². The van der Waals surface area contributed by atoms with Crippen molar-refractivity contribution < 1.29 is 4.74 Å². The van der Waals surface area contributed by atoms with Crippen molar-refractivity contribution in [3.05, 3.63) is 11.9 Å². The van der Waals surface area contributed by atoms with Crippen LogP contribution in [0.1, 0.15) is 5.69 Å². The van der Waals surface area contributed by atoms with Crippen LogP contribution in [0.25, 0.3) is 0 Å².